The van der Waals surface area contributed by atoms with Crippen LogP contribution in [0.15, 0.2) is 6.07 Å². The Kier molecular flexibility index (Phi) is 6.80. The molecule has 0 radical (unpaired) electrons. The summed E-state index contributed by atoms with van der Waals surface area (Å²) in [5.74, 6) is 0.607. The largest absolute Gasteiger partial charge is 0.476 e. The number of rotatable bonds is 9. The van der Waals surface area contributed by atoms with Gasteiger partial charge in [-0.05, 0) is 26.7 Å². The van der Waals surface area contributed by atoms with Gasteiger partial charge in [0.05, 0.1) is 11.4 Å². The Balaban J connectivity index is 3.04. The Morgan fingerprint density at radius 1 is 1.25 bits per heavy atom. The summed E-state index contributed by atoms with van der Waals surface area (Å²) in [6.45, 7) is 6.05. The first-order valence-electron chi connectivity index (χ1n) is 7.07. The Morgan fingerprint density at radius 2 is 1.90 bits per heavy atom. The number of nitrogens with one attached hydrogen (secondary N) is 1. The SMILES string of the molecule is CCCCCc1[nH]c(OC(C)C)cc1P(=O)(OC)OC. The van der Waals surface area contributed by atoms with E-state index in [1.165, 1.54) is 14.2 Å². The number of hydrogen-bond acceptors (Lipinski definition) is 4. The van der Waals surface area contributed by atoms with Gasteiger partial charge in [-0.2, -0.15) is 0 Å². The fourth-order valence-electron chi connectivity index (χ4n) is 2.04. The van der Waals surface area contributed by atoms with Crippen molar-refractivity contribution in [3.8, 4) is 5.88 Å². The van der Waals surface area contributed by atoms with Crippen LogP contribution < -0.4 is 10.0 Å². The van der Waals surface area contributed by atoms with E-state index in [-0.39, 0.29) is 6.10 Å². The molecule has 5 nitrogen and oxygen atoms in total. The van der Waals surface area contributed by atoms with Crippen LogP contribution in [0, 0.1) is 0 Å². The minimum Gasteiger partial charge on any atom is -0.476 e. The zero-order valence-corrected chi connectivity index (χ0v) is 14.0. The summed E-state index contributed by atoms with van der Waals surface area (Å²) in [5.41, 5.74) is 0.876. The van der Waals surface area contributed by atoms with E-state index in [2.05, 4.69) is 11.9 Å². The Hall–Kier alpha value is -0.770. The maximum Gasteiger partial charge on any atom is 0.362 e. The second-order valence-corrected chi connectivity index (χ2v) is 7.19. The summed E-state index contributed by atoms with van der Waals surface area (Å²) < 4.78 is 28.4. The first-order valence-corrected chi connectivity index (χ1v) is 8.61. The molecule has 116 valence electrons. The molecule has 0 saturated heterocycles. The molecule has 1 heterocycles. The minimum absolute atomic E-state index is 0.0504. The summed E-state index contributed by atoms with van der Waals surface area (Å²) in [6.07, 6.45) is 4.15. The molecule has 0 aromatic carbocycles. The van der Waals surface area contributed by atoms with Gasteiger partial charge in [0.25, 0.3) is 0 Å². The highest BCUT2D eigenvalue weighted by molar-refractivity contribution is 7.62. The molecule has 0 aliphatic heterocycles. The number of aromatic nitrogens is 1. The summed E-state index contributed by atoms with van der Waals surface area (Å²) in [7, 11) is -0.456. The summed E-state index contributed by atoms with van der Waals surface area (Å²) in [5, 5.41) is 0.578. The molecule has 0 amide bonds. The van der Waals surface area contributed by atoms with Gasteiger partial charge in [0, 0.05) is 26.0 Å². The molecule has 0 fully saturated rings. The molecule has 0 spiro atoms. The van der Waals surface area contributed by atoms with Crippen LogP contribution in [0.4, 0.5) is 0 Å². The molecular formula is C14H26NO4P. The normalized spacial score (nSPS) is 12.1. The average molecular weight is 303 g/mol. The smallest absolute Gasteiger partial charge is 0.362 e. The second-order valence-electron chi connectivity index (χ2n) is 4.98. The summed E-state index contributed by atoms with van der Waals surface area (Å²) in [4.78, 5) is 3.19. The van der Waals surface area contributed by atoms with Crippen LogP contribution in [0.25, 0.3) is 0 Å². The van der Waals surface area contributed by atoms with Crippen LogP contribution in [-0.4, -0.2) is 25.3 Å². The number of unbranched alkanes of at least 4 members (excludes halogenated alkanes) is 2. The van der Waals surface area contributed by atoms with Crippen molar-refractivity contribution in [3.05, 3.63) is 11.8 Å². The van der Waals surface area contributed by atoms with Gasteiger partial charge in [-0.3, -0.25) is 4.57 Å². The topological polar surface area (TPSA) is 60.6 Å². The molecule has 0 unspecified atom stereocenters. The van der Waals surface area contributed by atoms with E-state index < -0.39 is 7.60 Å². The first-order chi connectivity index (χ1) is 9.46. The fraction of sp³-hybridized carbons (Fsp3) is 0.714. The van der Waals surface area contributed by atoms with Crippen molar-refractivity contribution < 1.29 is 18.3 Å². The van der Waals surface area contributed by atoms with Crippen LogP contribution in [0.5, 0.6) is 5.88 Å². The predicted octanol–water partition coefficient (Wildman–Crippen LogP) is 3.65. The highest BCUT2D eigenvalue weighted by Gasteiger charge is 2.30. The van der Waals surface area contributed by atoms with Crippen LogP contribution in [0.3, 0.4) is 0 Å². The quantitative estimate of drug-likeness (QED) is 0.559. The van der Waals surface area contributed by atoms with Crippen molar-refractivity contribution in [2.75, 3.05) is 14.2 Å². The Labute approximate surface area is 121 Å². The predicted molar refractivity (Wildman–Crippen MR) is 81.0 cm³/mol. The summed E-state index contributed by atoms with van der Waals surface area (Å²) >= 11 is 0. The van der Waals surface area contributed by atoms with E-state index >= 15 is 0 Å². The van der Waals surface area contributed by atoms with Gasteiger partial charge in [-0.15, -0.1) is 0 Å². The van der Waals surface area contributed by atoms with Crippen LogP contribution in [0.1, 0.15) is 45.7 Å². The molecule has 20 heavy (non-hydrogen) atoms. The van der Waals surface area contributed by atoms with Crippen LogP contribution >= 0.6 is 7.60 Å². The van der Waals surface area contributed by atoms with Crippen molar-refractivity contribution >= 4 is 12.9 Å². The van der Waals surface area contributed by atoms with Crippen molar-refractivity contribution in [2.45, 2.75) is 52.6 Å². The van der Waals surface area contributed by atoms with Crippen molar-refractivity contribution in [1.82, 2.24) is 4.98 Å². The average Bonchev–Trinajstić information content (AvgIpc) is 2.81. The zero-order chi connectivity index (χ0) is 15.2. The van der Waals surface area contributed by atoms with Gasteiger partial charge >= 0.3 is 7.60 Å². The highest BCUT2D eigenvalue weighted by atomic mass is 31.2. The van der Waals surface area contributed by atoms with Gasteiger partial charge in [-0.1, -0.05) is 19.8 Å². The molecule has 0 aliphatic carbocycles. The number of hydrogen-bond donors (Lipinski definition) is 1. The monoisotopic (exact) mass is 303 g/mol. The highest BCUT2D eigenvalue weighted by Crippen LogP contribution is 2.47. The molecule has 6 heteroatoms. The van der Waals surface area contributed by atoms with Gasteiger partial charge < -0.3 is 18.8 Å². The zero-order valence-electron chi connectivity index (χ0n) is 13.1. The molecule has 0 bridgehead atoms. The number of H-pyrrole nitrogens is 1. The Bertz CT molecular complexity index is 448. The third kappa shape index (κ3) is 4.37. The third-order valence-electron chi connectivity index (χ3n) is 3.02. The van der Waals surface area contributed by atoms with E-state index in [0.717, 1.165) is 31.4 Å². The molecule has 1 N–H and O–H groups in total. The van der Waals surface area contributed by atoms with E-state index in [0.29, 0.717) is 11.2 Å². The number of ether oxygens (including phenoxy) is 1. The van der Waals surface area contributed by atoms with E-state index in [4.69, 9.17) is 13.8 Å². The fourth-order valence-corrected chi connectivity index (χ4v) is 3.35. The van der Waals surface area contributed by atoms with Crippen molar-refractivity contribution in [3.63, 3.8) is 0 Å². The van der Waals surface area contributed by atoms with Crippen LogP contribution in [0.2, 0.25) is 0 Å². The molecule has 0 aliphatic rings. The Morgan fingerprint density at radius 3 is 2.40 bits per heavy atom. The lowest BCUT2D eigenvalue weighted by Crippen LogP contribution is -2.11. The number of aromatic amines is 1. The lowest BCUT2D eigenvalue weighted by molar-refractivity contribution is 0.233. The minimum atomic E-state index is -3.25. The third-order valence-corrected chi connectivity index (χ3v) is 4.97. The van der Waals surface area contributed by atoms with Crippen LogP contribution in [-0.2, 0) is 20.0 Å². The molecule has 0 atom stereocenters. The first kappa shape index (κ1) is 17.3. The van der Waals surface area contributed by atoms with Gasteiger partial charge in [0.2, 0.25) is 0 Å². The van der Waals surface area contributed by atoms with Gasteiger partial charge in [0.15, 0.2) is 5.88 Å². The van der Waals surface area contributed by atoms with E-state index in [1.54, 1.807) is 6.07 Å². The summed E-state index contributed by atoms with van der Waals surface area (Å²) in [6, 6.07) is 1.73. The van der Waals surface area contributed by atoms with Gasteiger partial charge in [-0.25, -0.2) is 0 Å². The molecule has 1 aromatic heterocycles. The molecular weight excluding hydrogens is 277 g/mol. The molecule has 1 rings (SSSR count). The van der Waals surface area contributed by atoms with Gasteiger partial charge in [0.1, 0.15) is 0 Å². The molecule has 1 aromatic rings. The van der Waals surface area contributed by atoms with E-state index in [9.17, 15) is 4.57 Å². The molecule has 0 saturated carbocycles. The van der Waals surface area contributed by atoms with Crippen molar-refractivity contribution in [1.29, 1.82) is 0 Å². The maximum absolute atomic E-state index is 12.6. The van der Waals surface area contributed by atoms with Crippen molar-refractivity contribution in [2.24, 2.45) is 0 Å². The number of aryl methyl sites for hydroxylation is 1. The lowest BCUT2D eigenvalue weighted by atomic mass is 10.2. The maximum atomic E-state index is 12.6. The lowest BCUT2D eigenvalue weighted by Gasteiger charge is -2.13. The van der Waals surface area contributed by atoms with E-state index in [1.807, 2.05) is 13.8 Å². The second kappa shape index (κ2) is 7.87. The standard InChI is InChI=1S/C14H26NO4P/c1-6-7-8-9-12-13(20(16,17-4)18-5)10-14(15-12)19-11(2)3/h10-11,15H,6-9H2,1-5H3.